The Balaban J connectivity index is 1.93. The van der Waals surface area contributed by atoms with E-state index >= 15 is 0 Å². The molecule has 2 unspecified atom stereocenters. The number of rotatable bonds is 4. The number of hydrogen-bond acceptors (Lipinski definition) is 2. The number of methoxy groups -OCH3 is 1. The molecule has 1 saturated heterocycles. The van der Waals surface area contributed by atoms with Gasteiger partial charge in [0.25, 0.3) is 0 Å². The Bertz CT molecular complexity index is 352. The van der Waals surface area contributed by atoms with Crippen molar-refractivity contribution in [3.05, 3.63) is 35.4 Å². The lowest BCUT2D eigenvalue weighted by molar-refractivity contribution is 0.0621. The fourth-order valence-electron chi connectivity index (χ4n) is 2.30. The second-order valence-electron chi connectivity index (χ2n) is 4.65. The highest BCUT2D eigenvalue weighted by molar-refractivity contribution is 5.22. The molecule has 0 saturated carbocycles. The molecule has 0 amide bonds. The van der Waals surface area contributed by atoms with Gasteiger partial charge in [-0.05, 0) is 17.5 Å². The molecule has 1 heterocycles. The summed E-state index contributed by atoms with van der Waals surface area (Å²) in [7, 11) is 1.58. The van der Waals surface area contributed by atoms with E-state index in [9.17, 15) is 4.39 Å². The first-order valence-corrected chi connectivity index (χ1v) is 6.20. The van der Waals surface area contributed by atoms with Crippen LogP contribution < -0.4 is 0 Å². The van der Waals surface area contributed by atoms with Crippen LogP contribution in [0.4, 0.5) is 4.39 Å². The van der Waals surface area contributed by atoms with E-state index in [1.807, 2.05) is 0 Å². The van der Waals surface area contributed by atoms with Crippen LogP contribution in [-0.4, -0.2) is 37.4 Å². The maximum Gasteiger partial charge on any atom is 0.140 e. The zero-order valence-corrected chi connectivity index (χ0v) is 10.5. The smallest absolute Gasteiger partial charge is 0.140 e. The van der Waals surface area contributed by atoms with Crippen LogP contribution in [0.3, 0.4) is 0 Å². The number of ether oxygens (including phenoxy) is 1. The lowest BCUT2D eigenvalue weighted by Gasteiger charge is -2.15. The number of hydrogen-bond donors (Lipinski definition) is 0. The minimum absolute atomic E-state index is 0.259. The second-order valence-corrected chi connectivity index (χ2v) is 4.65. The molecule has 17 heavy (non-hydrogen) atoms. The number of benzene rings is 1. The van der Waals surface area contributed by atoms with E-state index in [2.05, 4.69) is 36.1 Å². The molecule has 0 N–H and O–H groups in total. The molecule has 1 aliphatic rings. The predicted molar refractivity (Wildman–Crippen MR) is 66.8 cm³/mol. The predicted octanol–water partition coefficient (Wildman–Crippen LogP) is 2.42. The molecule has 3 heteroatoms. The van der Waals surface area contributed by atoms with Crippen LogP contribution >= 0.6 is 0 Å². The molecule has 0 radical (unpaired) electrons. The van der Waals surface area contributed by atoms with Crippen molar-refractivity contribution in [2.75, 3.05) is 20.2 Å². The fraction of sp³-hybridized carbons (Fsp3) is 0.571. The second kappa shape index (κ2) is 5.61. The number of alkyl halides is 1. The molecule has 1 aromatic carbocycles. The molecule has 0 spiro atoms. The van der Waals surface area contributed by atoms with Gasteiger partial charge in [-0.25, -0.2) is 4.39 Å². The quantitative estimate of drug-likeness (QED) is 0.797. The Kier molecular flexibility index (Phi) is 4.13. The number of halogens is 1. The third-order valence-corrected chi connectivity index (χ3v) is 3.41. The number of nitrogens with zero attached hydrogens (tertiary/aromatic N) is 1. The third-order valence-electron chi connectivity index (χ3n) is 3.41. The lowest BCUT2D eigenvalue weighted by Crippen LogP contribution is -2.23. The molecule has 0 aromatic heterocycles. The van der Waals surface area contributed by atoms with Gasteiger partial charge in [0.05, 0.1) is 0 Å². The van der Waals surface area contributed by atoms with Gasteiger partial charge in [0, 0.05) is 26.7 Å². The van der Waals surface area contributed by atoms with Crippen molar-refractivity contribution in [1.82, 2.24) is 4.90 Å². The van der Waals surface area contributed by atoms with E-state index in [0.717, 1.165) is 13.0 Å². The van der Waals surface area contributed by atoms with Crippen LogP contribution in [0.2, 0.25) is 0 Å². The Morgan fingerprint density at radius 1 is 1.24 bits per heavy atom. The Labute approximate surface area is 102 Å². The van der Waals surface area contributed by atoms with E-state index in [-0.39, 0.29) is 6.10 Å². The zero-order valence-electron chi connectivity index (χ0n) is 10.5. The van der Waals surface area contributed by atoms with Gasteiger partial charge < -0.3 is 4.74 Å². The Morgan fingerprint density at radius 3 is 2.41 bits per heavy atom. The highest BCUT2D eigenvalue weighted by Gasteiger charge is 2.32. The molecule has 94 valence electrons. The van der Waals surface area contributed by atoms with Crippen molar-refractivity contribution in [3.63, 3.8) is 0 Å². The van der Waals surface area contributed by atoms with Crippen molar-refractivity contribution in [2.24, 2.45) is 0 Å². The molecular formula is C14H20FNO. The van der Waals surface area contributed by atoms with Crippen LogP contribution in [0, 0.1) is 0 Å². The highest BCUT2D eigenvalue weighted by atomic mass is 19.1. The van der Waals surface area contributed by atoms with E-state index < -0.39 is 6.17 Å². The van der Waals surface area contributed by atoms with Crippen LogP contribution in [0.5, 0.6) is 0 Å². The Morgan fingerprint density at radius 2 is 1.88 bits per heavy atom. The van der Waals surface area contributed by atoms with Gasteiger partial charge in [-0.15, -0.1) is 0 Å². The van der Waals surface area contributed by atoms with Gasteiger partial charge in [-0.2, -0.15) is 0 Å². The molecule has 1 aliphatic heterocycles. The van der Waals surface area contributed by atoms with Gasteiger partial charge in [-0.3, -0.25) is 4.90 Å². The van der Waals surface area contributed by atoms with Crippen molar-refractivity contribution < 1.29 is 9.13 Å². The van der Waals surface area contributed by atoms with E-state index in [1.165, 1.54) is 11.1 Å². The summed E-state index contributed by atoms with van der Waals surface area (Å²) in [5, 5.41) is 0. The SMILES string of the molecule is CCc1ccc(CN2CC(F)C(OC)C2)cc1. The van der Waals surface area contributed by atoms with E-state index in [1.54, 1.807) is 7.11 Å². The van der Waals surface area contributed by atoms with Crippen molar-refractivity contribution >= 4 is 0 Å². The fourth-order valence-corrected chi connectivity index (χ4v) is 2.30. The molecular weight excluding hydrogens is 217 g/mol. The van der Waals surface area contributed by atoms with E-state index in [4.69, 9.17) is 4.74 Å². The molecule has 1 aromatic rings. The normalized spacial score (nSPS) is 25.4. The van der Waals surface area contributed by atoms with Gasteiger partial charge in [0.1, 0.15) is 12.3 Å². The summed E-state index contributed by atoms with van der Waals surface area (Å²) in [6.07, 6.45) is -0.0534. The zero-order chi connectivity index (χ0) is 12.3. The van der Waals surface area contributed by atoms with Gasteiger partial charge in [-0.1, -0.05) is 31.2 Å². The summed E-state index contributed by atoms with van der Waals surface area (Å²) < 4.78 is 18.6. The molecule has 0 bridgehead atoms. The minimum Gasteiger partial charge on any atom is -0.377 e. The first-order valence-electron chi connectivity index (χ1n) is 6.20. The number of likely N-dealkylation sites (tertiary alicyclic amines) is 1. The number of aryl methyl sites for hydroxylation is 1. The van der Waals surface area contributed by atoms with Crippen LogP contribution in [0.25, 0.3) is 0 Å². The lowest BCUT2D eigenvalue weighted by atomic mass is 10.1. The monoisotopic (exact) mass is 237 g/mol. The molecule has 0 aliphatic carbocycles. The summed E-state index contributed by atoms with van der Waals surface area (Å²) in [5.41, 5.74) is 2.58. The molecule has 1 fully saturated rings. The van der Waals surface area contributed by atoms with Crippen LogP contribution in [0.1, 0.15) is 18.1 Å². The van der Waals surface area contributed by atoms with Crippen LogP contribution in [-0.2, 0) is 17.7 Å². The Hall–Kier alpha value is -0.930. The highest BCUT2D eigenvalue weighted by Crippen LogP contribution is 2.18. The van der Waals surface area contributed by atoms with Crippen LogP contribution in [0.15, 0.2) is 24.3 Å². The maximum absolute atomic E-state index is 13.5. The summed E-state index contributed by atoms with van der Waals surface area (Å²) in [5.74, 6) is 0. The maximum atomic E-state index is 13.5. The summed E-state index contributed by atoms with van der Waals surface area (Å²) in [4.78, 5) is 2.11. The molecule has 2 rings (SSSR count). The third kappa shape index (κ3) is 3.05. The summed E-state index contributed by atoms with van der Waals surface area (Å²) >= 11 is 0. The van der Waals surface area contributed by atoms with Gasteiger partial charge in [0.2, 0.25) is 0 Å². The minimum atomic E-state index is -0.852. The van der Waals surface area contributed by atoms with Crippen molar-refractivity contribution in [1.29, 1.82) is 0 Å². The van der Waals surface area contributed by atoms with Gasteiger partial charge >= 0.3 is 0 Å². The average Bonchev–Trinajstić information content (AvgIpc) is 2.70. The summed E-state index contributed by atoms with van der Waals surface area (Å²) in [6, 6.07) is 8.55. The molecule has 2 atom stereocenters. The van der Waals surface area contributed by atoms with Crippen molar-refractivity contribution in [3.8, 4) is 0 Å². The van der Waals surface area contributed by atoms with E-state index in [0.29, 0.717) is 13.1 Å². The first kappa shape index (κ1) is 12.5. The van der Waals surface area contributed by atoms with Crippen molar-refractivity contribution in [2.45, 2.75) is 32.2 Å². The topological polar surface area (TPSA) is 12.5 Å². The standard InChI is InChI=1S/C14H20FNO/c1-3-11-4-6-12(7-5-11)8-16-9-13(15)14(10-16)17-2/h4-7,13-14H,3,8-10H2,1-2H3. The van der Waals surface area contributed by atoms with Gasteiger partial charge in [0.15, 0.2) is 0 Å². The largest absolute Gasteiger partial charge is 0.377 e. The first-order chi connectivity index (χ1) is 8.22. The summed E-state index contributed by atoms with van der Waals surface area (Å²) in [6.45, 7) is 4.12. The molecule has 2 nitrogen and oxygen atoms in total. The average molecular weight is 237 g/mol.